The van der Waals surface area contributed by atoms with E-state index in [2.05, 4.69) is 10.4 Å². The maximum atomic E-state index is 11.7. The van der Waals surface area contributed by atoms with E-state index >= 15 is 0 Å². The minimum absolute atomic E-state index is 0.204. The molecule has 0 fully saturated rings. The molecule has 0 aromatic carbocycles. The average molecular weight is 268 g/mol. The van der Waals surface area contributed by atoms with Crippen LogP contribution in [0.4, 0.5) is 0 Å². The fraction of sp³-hybridized carbons (Fsp3) is 0.333. The molecule has 0 spiro atoms. The predicted octanol–water partition coefficient (Wildman–Crippen LogP) is 2.16. The molecule has 0 saturated heterocycles. The van der Waals surface area contributed by atoms with E-state index in [0.29, 0.717) is 6.54 Å². The van der Waals surface area contributed by atoms with E-state index in [-0.39, 0.29) is 16.9 Å². The normalized spacial score (nSPS) is 10.6. The Balaban J connectivity index is 2.01. The maximum absolute atomic E-state index is 11.7. The average Bonchev–Trinajstić information content (AvgIpc) is 2.92. The summed E-state index contributed by atoms with van der Waals surface area (Å²) in [7, 11) is 1.86. The highest BCUT2D eigenvalue weighted by Crippen LogP contribution is 2.13. The van der Waals surface area contributed by atoms with Crippen LogP contribution in [-0.4, -0.2) is 15.7 Å². The van der Waals surface area contributed by atoms with Gasteiger partial charge in [0.2, 0.25) is 0 Å². The zero-order valence-corrected chi connectivity index (χ0v) is 11.0. The van der Waals surface area contributed by atoms with Gasteiger partial charge in [-0.1, -0.05) is 6.92 Å². The van der Waals surface area contributed by atoms with Crippen LogP contribution in [0.2, 0.25) is 5.22 Å². The van der Waals surface area contributed by atoms with Gasteiger partial charge in [-0.3, -0.25) is 9.48 Å². The Bertz CT molecular complexity index is 559. The van der Waals surface area contributed by atoms with E-state index in [1.807, 2.05) is 20.2 Å². The SMILES string of the molecule is CCc1nn(C)cc1CNC(=O)c1ccc(Cl)o1. The number of nitrogens with one attached hydrogen (secondary N) is 1. The van der Waals surface area contributed by atoms with Crippen molar-refractivity contribution < 1.29 is 9.21 Å². The Labute approximate surface area is 110 Å². The third kappa shape index (κ3) is 2.73. The molecular formula is C12H14ClN3O2. The van der Waals surface area contributed by atoms with Gasteiger partial charge in [0, 0.05) is 25.4 Å². The lowest BCUT2D eigenvalue weighted by molar-refractivity contribution is 0.0923. The molecule has 0 atom stereocenters. The molecule has 2 aromatic rings. The Kier molecular flexibility index (Phi) is 3.72. The van der Waals surface area contributed by atoms with Crippen LogP contribution in [0.3, 0.4) is 0 Å². The fourth-order valence-electron chi connectivity index (χ4n) is 1.73. The summed E-state index contributed by atoms with van der Waals surface area (Å²) >= 11 is 5.61. The van der Waals surface area contributed by atoms with Gasteiger partial charge in [-0.2, -0.15) is 5.10 Å². The predicted molar refractivity (Wildman–Crippen MR) is 67.5 cm³/mol. The van der Waals surface area contributed by atoms with Crippen LogP contribution in [0.5, 0.6) is 0 Å². The molecule has 6 heteroatoms. The fourth-order valence-corrected chi connectivity index (χ4v) is 1.87. The Morgan fingerprint density at radius 3 is 2.94 bits per heavy atom. The zero-order valence-electron chi connectivity index (χ0n) is 10.2. The third-order valence-electron chi connectivity index (χ3n) is 2.56. The topological polar surface area (TPSA) is 60.1 Å². The minimum Gasteiger partial charge on any atom is -0.440 e. The van der Waals surface area contributed by atoms with Crippen molar-refractivity contribution in [3.8, 4) is 0 Å². The number of carbonyl (C=O) groups is 1. The highest BCUT2D eigenvalue weighted by Gasteiger charge is 2.12. The number of halogens is 1. The number of amides is 1. The van der Waals surface area contributed by atoms with Crippen molar-refractivity contribution in [3.05, 3.63) is 40.6 Å². The Morgan fingerprint density at radius 2 is 2.33 bits per heavy atom. The molecule has 0 aliphatic heterocycles. The second-order valence-corrected chi connectivity index (χ2v) is 4.29. The quantitative estimate of drug-likeness (QED) is 0.923. The van der Waals surface area contributed by atoms with Gasteiger partial charge in [0.05, 0.1) is 5.69 Å². The summed E-state index contributed by atoms with van der Waals surface area (Å²) in [5.41, 5.74) is 1.99. The summed E-state index contributed by atoms with van der Waals surface area (Å²) in [6.07, 6.45) is 2.73. The molecule has 96 valence electrons. The van der Waals surface area contributed by atoms with Crippen molar-refractivity contribution in [2.24, 2.45) is 7.05 Å². The smallest absolute Gasteiger partial charge is 0.287 e. The molecule has 0 saturated carbocycles. The highest BCUT2D eigenvalue weighted by atomic mass is 35.5. The lowest BCUT2D eigenvalue weighted by Crippen LogP contribution is -2.22. The molecule has 0 bridgehead atoms. The van der Waals surface area contributed by atoms with Gasteiger partial charge < -0.3 is 9.73 Å². The van der Waals surface area contributed by atoms with Crippen LogP contribution in [-0.2, 0) is 20.0 Å². The molecule has 18 heavy (non-hydrogen) atoms. The van der Waals surface area contributed by atoms with Crippen molar-refractivity contribution >= 4 is 17.5 Å². The van der Waals surface area contributed by atoms with Gasteiger partial charge >= 0.3 is 0 Å². The molecule has 1 amide bonds. The number of nitrogens with zero attached hydrogens (tertiary/aromatic N) is 2. The van der Waals surface area contributed by atoms with Gasteiger partial charge in [-0.05, 0) is 30.2 Å². The van der Waals surface area contributed by atoms with E-state index in [1.165, 1.54) is 6.07 Å². The van der Waals surface area contributed by atoms with E-state index in [9.17, 15) is 4.79 Å². The molecule has 5 nitrogen and oxygen atoms in total. The molecule has 2 aromatic heterocycles. The first-order valence-electron chi connectivity index (χ1n) is 5.65. The lowest BCUT2D eigenvalue weighted by Gasteiger charge is -2.02. The summed E-state index contributed by atoms with van der Waals surface area (Å²) in [6, 6.07) is 3.08. The third-order valence-corrected chi connectivity index (χ3v) is 2.77. The first-order valence-corrected chi connectivity index (χ1v) is 6.03. The molecular weight excluding hydrogens is 254 g/mol. The van der Waals surface area contributed by atoms with Crippen LogP contribution in [0.15, 0.2) is 22.7 Å². The lowest BCUT2D eigenvalue weighted by atomic mass is 10.2. The molecule has 1 N–H and O–H groups in total. The molecule has 0 aliphatic rings. The van der Waals surface area contributed by atoms with Gasteiger partial charge in [0.1, 0.15) is 0 Å². The summed E-state index contributed by atoms with van der Waals surface area (Å²) < 4.78 is 6.77. The molecule has 0 unspecified atom stereocenters. The number of aryl methyl sites for hydroxylation is 2. The van der Waals surface area contributed by atoms with E-state index in [1.54, 1.807) is 10.7 Å². The van der Waals surface area contributed by atoms with Gasteiger partial charge in [-0.15, -0.1) is 0 Å². The number of rotatable bonds is 4. The minimum atomic E-state index is -0.284. The van der Waals surface area contributed by atoms with E-state index in [0.717, 1.165) is 17.7 Å². The van der Waals surface area contributed by atoms with Crippen molar-refractivity contribution in [1.82, 2.24) is 15.1 Å². The summed E-state index contributed by atoms with van der Waals surface area (Å²) in [5.74, 6) is -0.0743. The van der Waals surface area contributed by atoms with Gasteiger partial charge in [0.25, 0.3) is 5.91 Å². The molecule has 2 rings (SSSR count). The first-order chi connectivity index (χ1) is 8.60. The number of carbonyl (C=O) groups excluding carboxylic acids is 1. The summed E-state index contributed by atoms with van der Waals surface area (Å²) in [5, 5.41) is 7.28. The van der Waals surface area contributed by atoms with Crippen molar-refractivity contribution in [3.63, 3.8) is 0 Å². The van der Waals surface area contributed by atoms with Crippen LogP contribution < -0.4 is 5.32 Å². The van der Waals surface area contributed by atoms with Gasteiger partial charge in [0.15, 0.2) is 11.0 Å². The van der Waals surface area contributed by atoms with Crippen molar-refractivity contribution in [2.75, 3.05) is 0 Å². The second kappa shape index (κ2) is 5.27. The summed E-state index contributed by atoms with van der Waals surface area (Å²) in [6.45, 7) is 2.45. The number of furan rings is 1. The molecule has 2 heterocycles. The number of hydrogen-bond donors (Lipinski definition) is 1. The molecule has 0 aliphatic carbocycles. The standard InChI is InChI=1S/C12H14ClN3O2/c1-3-9-8(7-16(2)15-9)6-14-12(17)10-4-5-11(13)18-10/h4-5,7H,3,6H2,1-2H3,(H,14,17). The Hall–Kier alpha value is -1.75. The van der Waals surface area contributed by atoms with Crippen LogP contribution in [0.25, 0.3) is 0 Å². The number of aromatic nitrogens is 2. The Morgan fingerprint density at radius 1 is 1.56 bits per heavy atom. The number of hydrogen-bond acceptors (Lipinski definition) is 3. The van der Waals surface area contributed by atoms with Gasteiger partial charge in [-0.25, -0.2) is 0 Å². The summed E-state index contributed by atoms with van der Waals surface area (Å²) in [4.78, 5) is 11.7. The van der Waals surface area contributed by atoms with Crippen molar-refractivity contribution in [1.29, 1.82) is 0 Å². The second-order valence-electron chi connectivity index (χ2n) is 3.91. The monoisotopic (exact) mass is 267 g/mol. The molecule has 0 radical (unpaired) electrons. The highest BCUT2D eigenvalue weighted by molar-refractivity contribution is 6.29. The first kappa shape index (κ1) is 12.7. The van der Waals surface area contributed by atoms with Crippen LogP contribution >= 0.6 is 11.6 Å². The van der Waals surface area contributed by atoms with E-state index < -0.39 is 0 Å². The van der Waals surface area contributed by atoms with Crippen molar-refractivity contribution in [2.45, 2.75) is 19.9 Å². The van der Waals surface area contributed by atoms with E-state index in [4.69, 9.17) is 16.0 Å². The maximum Gasteiger partial charge on any atom is 0.287 e. The van der Waals surface area contributed by atoms with Crippen LogP contribution in [0, 0.1) is 0 Å². The zero-order chi connectivity index (χ0) is 13.1. The van der Waals surface area contributed by atoms with Crippen LogP contribution in [0.1, 0.15) is 28.7 Å². The largest absolute Gasteiger partial charge is 0.440 e.